The number of ether oxygens (including phenoxy) is 3. The van der Waals surface area contributed by atoms with Gasteiger partial charge in [0, 0.05) is 19.2 Å². The van der Waals surface area contributed by atoms with E-state index in [9.17, 15) is 18.8 Å². The Morgan fingerprint density at radius 2 is 1.38 bits per heavy atom. The Bertz CT molecular complexity index is 1500. The summed E-state index contributed by atoms with van der Waals surface area (Å²) in [4.78, 5) is 38.6. The molecular weight excluding hydrogens is 539 g/mol. The van der Waals surface area contributed by atoms with E-state index in [0.717, 1.165) is 28.3 Å². The monoisotopic (exact) mass is 570 g/mol. The standard InChI is InChI=1S/C33H31FN2O6/c1-40-22-25-14-8-9-15-29(25)26-16-27(18-28(34)17-26)31(37)35-19-30(32(38)41-20-23-10-4-2-5-11-23)36-33(39)42-21-24-12-6-3-7-13-24/h2-18,30H,19-22H2,1H3,(H,35,37)(H,36,39)/t30-/m1/s1. The second kappa shape index (κ2) is 15.1. The third-order valence-corrected chi connectivity index (χ3v) is 6.27. The number of carbonyl (C=O) groups is 3. The molecule has 4 aromatic rings. The van der Waals surface area contributed by atoms with Gasteiger partial charge in [-0.15, -0.1) is 0 Å². The number of methoxy groups -OCH3 is 1. The van der Waals surface area contributed by atoms with Crippen molar-refractivity contribution >= 4 is 18.0 Å². The number of amides is 2. The van der Waals surface area contributed by atoms with Gasteiger partial charge in [-0.25, -0.2) is 14.0 Å². The minimum absolute atomic E-state index is 0.0125. The summed E-state index contributed by atoms with van der Waals surface area (Å²) < 4.78 is 30.5. The molecule has 0 aromatic heterocycles. The zero-order valence-corrected chi connectivity index (χ0v) is 23.0. The lowest BCUT2D eigenvalue weighted by atomic mass is 9.98. The van der Waals surface area contributed by atoms with Gasteiger partial charge in [0.05, 0.1) is 6.61 Å². The van der Waals surface area contributed by atoms with Gasteiger partial charge in [-0.1, -0.05) is 84.9 Å². The molecule has 216 valence electrons. The molecule has 9 heteroatoms. The van der Waals surface area contributed by atoms with Gasteiger partial charge in [-0.3, -0.25) is 4.79 Å². The molecule has 0 saturated carbocycles. The molecule has 42 heavy (non-hydrogen) atoms. The van der Waals surface area contributed by atoms with E-state index >= 15 is 0 Å². The van der Waals surface area contributed by atoms with Gasteiger partial charge >= 0.3 is 12.1 Å². The van der Waals surface area contributed by atoms with E-state index in [1.54, 1.807) is 49.6 Å². The lowest BCUT2D eigenvalue weighted by Gasteiger charge is -2.18. The maximum atomic E-state index is 14.6. The maximum absolute atomic E-state index is 14.6. The van der Waals surface area contributed by atoms with E-state index in [0.29, 0.717) is 12.2 Å². The quantitative estimate of drug-likeness (QED) is 0.221. The first-order valence-electron chi connectivity index (χ1n) is 13.3. The largest absolute Gasteiger partial charge is 0.459 e. The highest BCUT2D eigenvalue weighted by Crippen LogP contribution is 2.26. The van der Waals surface area contributed by atoms with Crippen LogP contribution < -0.4 is 10.6 Å². The zero-order chi connectivity index (χ0) is 29.7. The van der Waals surface area contributed by atoms with Gasteiger partial charge in [0.2, 0.25) is 0 Å². The second-order valence-corrected chi connectivity index (χ2v) is 9.38. The highest BCUT2D eigenvalue weighted by atomic mass is 19.1. The van der Waals surface area contributed by atoms with Crippen LogP contribution >= 0.6 is 0 Å². The van der Waals surface area contributed by atoms with Crippen LogP contribution in [-0.2, 0) is 38.8 Å². The molecule has 0 radical (unpaired) electrons. The average Bonchev–Trinajstić information content (AvgIpc) is 3.02. The molecule has 0 fully saturated rings. The minimum Gasteiger partial charge on any atom is -0.459 e. The van der Waals surface area contributed by atoms with Crippen molar-refractivity contribution in [2.75, 3.05) is 13.7 Å². The highest BCUT2D eigenvalue weighted by molar-refractivity contribution is 5.96. The van der Waals surface area contributed by atoms with Crippen LogP contribution in [0.2, 0.25) is 0 Å². The summed E-state index contributed by atoms with van der Waals surface area (Å²) in [5.74, 6) is -2.02. The van der Waals surface area contributed by atoms with Crippen LogP contribution in [0.25, 0.3) is 11.1 Å². The van der Waals surface area contributed by atoms with E-state index < -0.39 is 29.8 Å². The van der Waals surface area contributed by atoms with Crippen LogP contribution in [0.1, 0.15) is 27.0 Å². The third kappa shape index (κ3) is 8.74. The molecule has 0 bridgehead atoms. The number of halogens is 1. The van der Waals surface area contributed by atoms with Gasteiger partial charge in [0.25, 0.3) is 5.91 Å². The second-order valence-electron chi connectivity index (χ2n) is 9.38. The molecule has 0 unspecified atom stereocenters. The summed E-state index contributed by atoms with van der Waals surface area (Å²) in [5.41, 5.74) is 3.60. The van der Waals surface area contributed by atoms with Crippen LogP contribution in [0.3, 0.4) is 0 Å². The van der Waals surface area contributed by atoms with E-state index in [4.69, 9.17) is 14.2 Å². The predicted octanol–water partition coefficient (Wildman–Crippen LogP) is 5.41. The average molecular weight is 571 g/mol. The third-order valence-electron chi connectivity index (χ3n) is 6.27. The number of alkyl carbamates (subject to hydrolysis) is 1. The molecule has 4 aromatic carbocycles. The highest BCUT2D eigenvalue weighted by Gasteiger charge is 2.25. The summed E-state index contributed by atoms with van der Waals surface area (Å²) in [6, 6.07) is 28.1. The lowest BCUT2D eigenvalue weighted by molar-refractivity contribution is -0.147. The molecule has 2 N–H and O–H groups in total. The molecule has 0 aliphatic heterocycles. The van der Waals surface area contributed by atoms with Crippen LogP contribution in [0.4, 0.5) is 9.18 Å². The van der Waals surface area contributed by atoms with Crippen molar-refractivity contribution in [2.24, 2.45) is 0 Å². The first-order valence-corrected chi connectivity index (χ1v) is 13.3. The predicted molar refractivity (Wildman–Crippen MR) is 155 cm³/mol. The summed E-state index contributed by atoms with van der Waals surface area (Å²) in [6.45, 7) is -0.0491. The molecule has 8 nitrogen and oxygen atoms in total. The normalized spacial score (nSPS) is 11.3. The molecule has 4 rings (SSSR count). The van der Waals surface area contributed by atoms with Crippen molar-refractivity contribution in [2.45, 2.75) is 25.9 Å². The molecule has 0 aliphatic carbocycles. The van der Waals surface area contributed by atoms with Crippen molar-refractivity contribution in [1.29, 1.82) is 0 Å². The number of benzene rings is 4. The molecule has 1 atom stereocenters. The van der Waals surface area contributed by atoms with Crippen molar-refractivity contribution in [1.82, 2.24) is 10.6 Å². The van der Waals surface area contributed by atoms with Gasteiger partial charge in [0.15, 0.2) is 0 Å². The van der Waals surface area contributed by atoms with E-state index in [1.165, 1.54) is 6.07 Å². The first kappa shape index (κ1) is 30.0. The lowest BCUT2D eigenvalue weighted by Crippen LogP contribution is -2.49. The fraction of sp³-hybridized carbons (Fsp3) is 0.182. The maximum Gasteiger partial charge on any atom is 0.408 e. The number of nitrogens with one attached hydrogen (secondary N) is 2. The van der Waals surface area contributed by atoms with Gasteiger partial charge in [0.1, 0.15) is 25.1 Å². The van der Waals surface area contributed by atoms with Crippen LogP contribution in [0.15, 0.2) is 103 Å². The van der Waals surface area contributed by atoms with Crippen molar-refractivity contribution in [3.63, 3.8) is 0 Å². The van der Waals surface area contributed by atoms with Crippen LogP contribution in [0, 0.1) is 5.82 Å². The fourth-order valence-corrected chi connectivity index (χ4v) is 4.19. The number of hydrogen-bond donors (Lipinski definition) is 2. The zero-order valence-electron chi connectivity index (χ0n) is 23.0. The van der Waals surface area contributed by atoms with E-state index in [-0.39, 0.29) is 25.3 Å². The van der Waals surface area contributed by atoms with Gasteiger partial charge in [-0.05, 0) is 46.0 Å². The Kier molecular flexibility index (Phi) is 10.8. The topological polar surface area (TPSA) is 103 Å². The van der Waals surface area contributed by atoms with E-state index in [2.05, 4.69) is 10.6 Å². The fourth-order valence-electron chi connectivity index (χ4n) is 4.19. The smallest absolute Gasteiger partial charge is 0.408 e. The molecule has 0 aliphatic rings. The molecule has 0 heterocycles. The van der Waals surface area contributed by atoms with Crippen LogP contribution in [0.5, 0.6) is 0 Å². The number of hydrogen-bond acceptors (Lipinski definition) is 6. The van der Waals surface area contributed by atoms with Crippen LogP contribution in [-0.4, -0.2) is 37.7 Å². The van der Waals surface area contributed by atoms with Crippen molar-refractivity contribution < 1.29 is 33.0 Å². The Morgan fingerprint density at radius 3 is 2.05 bits per heavy atom. The first-order chi connectivity index (χ1) is 20.4. The Labute approximate surface area is 243 Å². The molecule has 0 saturated heterocycles. The van der Waals surface area contributed by atoms with Gasteiger partial charge < -0.3 is 24.8 Å². The summed E-state index contributed by atoms with van der Waals surface area (Å²) in [5, 5.41) is 5.06. The Morgan fingerprint density at radius 1 is 0.762 bits per heavy atom. The Hall–Kier alpha value is -5.02. The van der Waals surface area contributed by atoms with Crippen molar-refractivity contribution in [3.05, 3.63) is 131 Å². The SMILES string of the molecule is COCc1ccccc1-c1cc(F)cc(C(=O)NC[C@@H](NC(=O)OCc2ccccc2)C(=O)OCc2ccccc2)c1. The Balaban J connectivity index is 1.45. The summed E-state index contributed by atoms with van der Waals surface area (Å²) >= 11 is 0. The molecule has 2 amide bonds. The molecular formula is C33H31FN2O6. The van der Waals surface area contributed by atoms with Gasteiger partial charge in [-0.2, -0.15) is 0 Å². The van der Waals surface area contributed by atoms with Crippen molar-refractivity contribution in [3.8, 4) is 11.1 Å². The summed E-state index contributed by atoms with van der Waals surface area (Å²) in [7, 11) is 1.56. The minimum atomic E-state index is -1.27. The number of rotatable bonds is 12. The number of carbonyl (C=O) groups excluding carboxylic acids is 3. The molecule has 0 spiro atoms. The van der Waals surface area contributed by atoms with E-state index in [1.807, 2.05) is 48.5 Å². The summed E-state index contributed by atoms with van der Waals surface area (Å²) in [6.07, 6.45) is -0.863. The number of esters is 1.